The van der Waals surface area contributed by atoms with Crippen molar-refractivity contribution in [3.05, 3.63) is 0 Å². The third-order valence-corrected chi connectivity index (χ3v) is 4.51. The summed E-state index contributed by atoms with van der Waals surface area (Å²) in [6.45, 7) is 15.8. The van der Waals surface area contributed by atoms with Gasteiger partial charge in [0.15, 0.2) is 0 Å². The summed E-state index contributed by atoms with van der Waals surface area (Å²) in [7, 11) is 9.24. The molecule has 0 saturated carbocycles. The summed E-state index contributed by atoms with van der Waals surface area (Å²) in [6.07, 6.45) is 0. The molecule has 0 N–H and O–H groups in total. The topological polar surface area (TPSA) is 83.1 Å². The van der Waals surface area contributed by atoms with Crippen LogP contribution in [0.5, 0.6) is 0 Å². The Hall–Kier alpha value is 0.941. The lowest BCUT2D eigenvalue weighted by molar-refractivity contribution is 0.107. The Kier molecular flexibility index (Phi) is 85.0. The summed E-state index contributed by atoms with van der Waals surface area (Å²) in [5, 5.41) is 0. The van der Waals surface area contributed by atoms with Crippen LogP contribution in [0.3, 0.4) is 0 Å². The SMILES string of the molecule is CCO[Si].CCO[Si](OCC)OCC.CCO[Si]OCC.CO[Si].CO[Si]OC.[Si]. The first-order valence-electron chi connectivity index (χ1n) is 9.04. The molecule has 0 rings (SSSR count). The zero-order valence-electron chi connectivity index (χ0n) is 19.9. The van der Waals surface area contributed by atoms with Crippen molar-refractivity contribution < 1.29 is 39.8 Å². The summed E-state index contributed by atoms with van der Waals surface area (Å²) < 4.78 is 42.7. The van der Waals surface area contributed by atoms with Crippen molar-refractivity contribution in [3.8, 4) is 0 Å². The van der Waals surface area contributed by atoms with Gasteiger partial charge in [0.05, 0.1) is 0 Å². The van der Waals surface area contributed by atoms with E-state index in [0.717, 1.165) is 19.8 Å². The first-order chi connectivity index (χ1) is 14.0. The van der Waals surface area contributed by atoms with Crippen LogP contribution in [-0.4, -0.2) is 122 Å². The first kappa shape index (κ1) is 44.6. The highest BCUT2D eigenvalue weighted by Gasteiger charge is 2.15. The molecule has 0 aliphatic carbocycles. The monoisotopic (exact) mass is 531 g/mol. The number of hydrogen-bond donors (Lipinski definition) is 0. The van der Waals surface area contributed by atoms with Gasteiger partial charge in [-0.25, -0.2) is 0 Å². The Labute approximate surface area is 203 Å². The molecule has 0 bridgehead atoms. The second-order valence-corrected chi connectivity index (χ2v) is 7.42. The predicted octanol–water partition coefficient (Wildman–Crippen LogP) is 0.930. The lowest BCUT2D eigenvalue weighted by Crippen LogP contribution is -2.27. The molecular formula is C15H39O9Si6. The Morgan fingerprint density at radius 2 is 0.900 bits per heavy atom. The molecule has 177 valence electrons. The van der Waals surface area contributed by atoms with Crippen LogP contribution in [0.2, 0.25) is 0 Å². The summed E-state index contributed by atoms with van der Waals surface area (Å²) in [5.74, 6) is 0. The zero-order chi connectivity index (χ0) is 23.6. The fourth-order valence-corrected chi connectivity index (χ4v) is 2.16. The summed E-state index contributed by atoms with van der Waals surface area (Å²) in [5.41, 5.74) is 0. The van der Waals surface area contributed by atoms with Crippen LogP contribution in [0.25, 0.3) is 0 Å². The third-order valence-electron chi connectivity index (χ3n) is 1.50. The van der Waals surface area contributed by atoms with E-state index in [1.807, 2.05) is 41.5 Å². The van der Waals surface area contributed by atoms with E-state index in [9.17, 15) is 0 Å². The summed E-state index contributed by atoms with van der Waals surface area (Å²) in [6, 6.07) is 0. The molecule has 15 heteroatoms. The lowest BCUT2D eigenvalue weighted by Gasteiger charge is -2.10. The van der Waals surface area contributed by atoms with Crippen LogP contribution < -0.4 is 0 Å². The molecule has 0 aromatic heterocycles. The highest BCUT2D eigenvalue weighted by Crippen LogP contribution is 1.91. The van der Waals surface area contributed by atoms with Crippen molar-refractivity contribution in [3.63, 3.8) is 0 Å². The van der Waals surface area contributed by atoms with Crippen LogP contribution in [0.1, 0.15) is 41.5 Å². The third kappa shape index (κ3) is 78.7. The molecule has 0 unspecified atom stereocenters. The fourth-order valence-electron chi connectivity index (χ4n) is 0.721. The van der Waals surface area contributed by atoms with Crippen LogP contribution >= 0.6 is 0 Å². The van der Waals surface area contributed by atoms with E-state index in [-0.39, 0.29) is 31.0 Å². The normalized spacial score (nSPS) is 8.80. The van der Waals surface area contributed by atoms with Gasteiger partial charge in [0.25, 0.3) is 0 Å². The van der Waals surface area contributed by atoms with Crippen LogP contribution in [0.15, 0.2) is 0 Å². The van der Waals surface area contributed by atoms with Gasteiger partial charge in [0.2, 0.25) is 21.0 Å². The molecule has 15 radical (unpaired) electrons. The molecule has 0 heterocycles. The van der Waals surface area contributed by atoms with Gasteiger partial charge in [-0.15, -0.1) is 0 Å². The first-order valence-corrected chi connectivity index (χ1v) is 12.7. The van der Waals surface area contributed by atoms with Gasteiger partial charge in [0.1, 0.15) is 0 Å². The minimum Gasteiger partial charge on any atom is -0.422 e. The van der Waals surface area contributed by atoms with Crippen molar-refractivity contribution in [2.24, 2.45) is 0 Å². The molecule has 0 saturated heterocycles. The van der Waals surface area contributed by atoms with E-state index in [4.69, 9.17) is 22.1 Å². The molecular weight excluding hydrogens is 493 g/mol. The molecule has 0 aromatic rings. The Morgan fingerprint density at radius 3 is 1.03 bits per heavy atom. The Balaban J connectivity index is -0.0000000636. The van der Waals surface area contributed by atoms with Gasteiger partial charge >= 0.3 is 29.5 Å². The van der Waals surface area contributed by atoms with Crippen molar-refractivity contribution in [1.82, 2.24) is 0 Å². The van der Waals surface area contributed by atoms with Gasteiger partial charge in [-0.2, -0.15) is 0 Å². The van der Waals surface area contributed by atoms with Gasteiger partial charge < -0.3 is 39.8 Å². The van der Waals surface area contributed by atoms with E-state index in [0.29, 0.717) is 19.8 Å². The van der Waals surface area contributed by atoms with Gasteiger partial charge in [0, 0.05) is 71.9 Å². The maximum atomic E-state index is 5.18. The Bertz CT molecular complexity index is 195. The van der Waals surface area contributed by atoms with E-state index in [2.05, 4.69) is 38.7 Å². The van der Waals surface area contributed by atoms with E-state index in [1.165, 1.54) is 7.11 Å². The molecule has 30 heavy (non-hydrogen) atoms. The molecule has 0 aliphatic rings. The van der Waals surface area contributed by atoms with Gasteiger partial charge in [-0.3, -0.25) is 0 Å². The fraction of sp³-hybridized carbons (Fsp3) is 1.00. The van der Waals surface area contributed by atoms with Crippen molar-refractivity contribution >= 4 is 61.5 Å². The van der Waals surface area contributed by atoms with Gasteiger partial charge in [-0.05, 0) is 41.5 Å². The second kappa shape index (κ2) is 57.2. The van der Waals surface area contributed by atoms with E-state index in [1.54, 1.807) is 14.2 Å². The molecule has 0 fully saturated rings. The zero-order valence-corrected chi connectivity index (χ0v) is 25.9. The standard InChI is InChI=1S/C6H15O3Si.C4H10O2Si.C2H6O2Si.C2H5OSi.CH3OSi.Si/c1-4-7-10(8-5-2)9-6-3;1-3-5-7-6-4-2;1-3-5-4-2;1-2-3-4;1-2-3;/h4-6H2,1-3H3;3-4H2,1-2H3;1-2H3;2H2,1H3;1H3;. The molecule has 0 atom stereocenters. The summed E-state index contributed by atoms with van der Waals surface area (Å²) >= 11 is 0. The van der Waals surface area contributed by atoms with Crippen LogP contribution in [0.4, 0.5) is 0 Å². The molecule has 0 aliphatic heterocycles. The van der Waals surface area contributed by atoms with Crippen molar-refractivity contribution in [1.29, 1.82) is 0 Å². The number of hydrogen-bond acceptors (Lipinski definition) is 9. The smallest absolute Gasteiger partial charge is 0.422 e. The second-order valence-electron chi connectivity index (χ2n) is 3.63. The van der Waals surface area contributed by atoms with Crippen molar-refractivity contribution in [2.45, 2.75) is 41.5 Å². The summed E-state index contributed by atoms with van der Waals surface area (Å²) in [4.78, 5) is 0. The van der Waals surface area contributed by atoms with E-state index < -0.39 is 9.53 Å². The number of rotatable bonds is 13. The van der Waals surface area contributed by atoms with Crippen LogP contribution in [0, 0.1) is 0 Å². The average molecular weight is 532 g/mol. The highest BCUT2D eigenvalue weighted by atomic mass is 28.3. The van der Waals surface area contributed by atoms with Gasteiger partial charge in [-0.1, -0.05) is 0 Å². The molecule has 0 amide bonds. The quantitative estimate of drug-likeness (QED) is 0.254. The predicted molar refractivity (Wildman–Crippen MR) is 125 cm³/mol. The van der Waals surface area contributed by atoms with Crippen molar-refractivity contribution in [2.75, 3.05) is 61.0 Å². The highest BCUT2D eigenvalue weighted by molar-refractivity contribution is 6.36. The largest absolute Gasteiger partial charge is 0.577 e. The lowest BCUT2D eigenvalue weighted by atomic mass is 10.9. The molecule has 0 aromatic carbocycles. The van der Waals surface area contributed by atoms with Crippen LogP contribution in [-0.2, 0) is 39.8 Å². The molecule has 9 nitrogen and oxygen atoms in total. The minimum absolute atomic E-state index is 0. The Morgan fingerprint density at radius 1 is 0.600 bits per heavy atom. The minimum atomic E-state index is -1.40. The van der Waals surface area contributed by atoms with E-state index >= 15 is 0 Å². The molecule has 0 spiro atoms. The average Bonchev–Trinajstić information content (AvgIpc) is 2.71. The maximum absolute atomic E-state index is 5.18. The maximum Gasteiger partial charge on any atom is 0.577 e.